The highest BCUT2D eigenvalue weighted by atomic mass is 16.4. The van der Waals surface area contributed by atoms with Gasteiger partial charge in [-0.25, -0.2) is 4.79 Å². The van der Waals surface area contributed by atoms with E-state index in [1.54, 1.807) is 30.5 Å². The summed E-state index contributed by atoms with van der Waals surface area (Å²) in [5.41, 5.74) is 2.51. The van der Waals surface area contributed by atoms with Crippen molar-refractivity contribution >= 4 is 28.2 Å². The number of carbonyl (C=O) groups is 1. The van der Waals surface area contributed by atoms with Crippen molar-refractivity contribution in [3.63, 3.8) is 0 Å². The van der Waals surface area contributed by atoms with E-state index in [2.05, 4.69) is 10.3 Å². The van der Waals surface area contributed by atoms with Crippen molar-refractivity contribution in [1.29, 1.82) is 0 Å². The number of aromatic nitrogens is 1. The number of fused-ring (bicyclic) bond motifs is 1. The summed E-state index contributed by atoms with van der Waals surface area (Å²) >= 11 is 0. The predicted octanol–water partition coefficient (Wildman–Crippen LogP) is 3.68. The van der Waals surface area contributed by atoms with Gasteiger partial charge in [-0.05, 0) is 24.3 Å². The van der Waals surface area contributed by atoms with Crippen molar-refractivity contribution in [2.24, 2.45) is 0 Å². The second-order valence-corrected chi connectivity index (χ2v) is 4.35. The number of carboxylic acid groups (broad SMARTS) is 1. The summed E-state index contributed by atoms with van der Waals surface area (Å²) in [5.74, 6) is -0.952. The highest BCUT2D eigenvalue weighted by Gasteiger charge is 2.10. The molecule has 1 heterocycles. The molecule has 0 spiro atoms. The molecule has 3 rings (SSSR count). The Balaban J connectivity index is 2.08. The Morgan fingerprint density at radius 3 is 2.55 bits per heavy atom. The van der Waals surface area contributed by atoms with Crippen molar-refractivity contribution < 1.29 is 9.90 Å². The van der Waals surface area contributed by atoms with Gasteiger partial charge < -0.3 is 10.4 Å². The molecule has 0 bridgehead atoms. The third-order valence-corrected chi connectivity index (χ3v) is 3.08. The maximum atomic E-state index is 11.2. The summed E-state index contributed by atoms with van der Waals surface area (Å²) in [4.78, 5) is 15.5. The summed E-state index contributed by atoms with van der Waals surface area (Å²) in [6.07, 6.45) is 1.70. The zero-order valence-electron chi connectivity index (χ0n) is 10.6. The fraction of sp³-hybridized carbons (Fsp3) is 0. The number of pyridine rings is 1. The van der Waals surface area contributed by atoms with Gasteiger partial charge in [-0.15, -0.1) is 0 Å². The van der Waals surface area contributed by atoms with Gasteiger partial charge in [0.1, 0.15) is 0 Å². The standard InChI is InChI=1S/C16H12N2O2/c19-16(20)12-6-2-4-8-14(12)18-15-9-10-17-13-7-3-1-5-11(13)15/h1-10H,(H,17,18)(H,19,20). The number of nitrogens with one attached hydrogen (secondary N) is 1. The van der Waals surface area contributed by atoms with Crippen LogP contribution in [0.15, 0.2) is 60.8 Å². The molecular weight excluding hydrogens is 252 g/mol. The molecule has 0 saturated carbocycles. The Bertz CT molecular complexity index is 779. The number of carboxylic acids is 1. The van der Waals surface area contributed by atoms with Crippen molar-refractivity contribution in [2.45, 2.75) is 0 Å². The molecule has 0 fully saturated rings. The topological polar surface area (TPSA) is 62.2 Å². The molecule has 0 saturated heterocycles. The van der Waals surface area contributed by atoms with Crippen LogP contribution in [-0.2, 0) is 0 Å². The third kappa shape index (κ3) is 2.19. The molecule has 0 amide bonds. The molecule has 20 heavy (non-hydrogen) atoms. The van der Waals surface area contributed by atoms with E-state index in [1.165, 1.54) is 0 Å². The maximum absolute atomic E-state index is 11.2. The van der Waals surface area contributed by atoms with Gasteiger partial charge in [-0.1, -0.05) is 30.3 Å². The first-order valence-corrected chi connectivity index (χ1v) is 6.19. The van der Waals surface area contributed by atoms with Gasteiger partial charge >= 0.3 is 5.97 Å². The molecule has 4 nitrogen and oxygen atoms in total. The van der Waals surface area contributed by atoms with E-state index in [9.17, 15) is 9.90 Å². The number of nitrogens with zero attached hydrogens (tertiary/aromatic N) is 1. The smallest absolute Gasteiger partial charge is 0.337 e. The van der Waals surface area contributed by atoms with E-state index in [-0.39, 0.29) is 5.56 Å². The largest absolute Gasteiger partial charge is 0.478 e. The Morgan fingerprint density at radius 1 is 0.950 bits per heavy atom. The minimum absolute atomic E-state index is 0.244. The summed E-state index contributed by atoms with van der Waals surface area (Å²) in [6.45, 7) is 0. The number of anilines is 2. The number of benzene rings is 2. The first-order chi connectivity index (χ1) is 9.75. The Morgan fingerprint density at radius 2 is 1.70 bits per heavy atom. The second-order valence-electron chi connectivity index (χ2n) is 4.35. The van der Waals surface area contributed by atoms with Crippen LogP contribution in [0.2, 0.25) is 0 Å². The molecule has 3 aromatic rings. The molecule has 2 aromatic carbocycles. The molecule has 2 N–H and O–H groups in total. The minimum Gasteiger partial charge on any atom is -0.478 e. The lowest BCUT2D eigenvalue weighted by atomic mass is 10.1. The van der Waals surface area contributed by atoms with Crippen LogP contribution in [0, 0.1) is 0 Å². The second kappa shape index (κ2) is 5.01. The van der Waals surface area contributed by atoms with Gasteiger partial charge in [0.15, 0.2) is 0 Å². The summed E-state index contributed by atoms with van der Waals surface area (Å²) in [5, 5.41) is 13.3. The summed E-state index contributed by atoms with van der Waals surface area (Å²) in [6, 6.07) is 16.4. The van der Waals surface area contributed by atoms with Crippen LogP contribution in [0.3, 0.4) is 0 Å². The minimum atomic E-state index is -0.952. The lowest BCUT2D eigenvalue weighted by molar-refractivity contribution is 0.0698. The van der Waals surface area contributed by atoms with Gasteiger partial charge in [-0.3, -0.25) is 4.98 Å². The SMILES string of the molecule is O=C(O)c1ccccc1Nc1ccnc2ccccc12. The fourth-order valence-corrected chi connectivity index (χ4v) is 2.13. The number of aromatic carboxylic acids is 1. The fourth-order valence-electron chi connectivity index (χ4n) is 2.13. The van der Waals surface area contributed by atoms with E-state index in [1.807, 2.05) is 30.3 Å². The molecule has 1 aromatic heterocycles. The van der Waals surface area contributed by atoms with Gasteiger partial charge in [0, 0.05) is 17.3 Å². The van der Waals surface area contributed by atoms with Gasteiger partial charge in [0.25, 0.3) is 0 Å². The van der Waals surface area contributed by atoms with Crippen molar-refractivity contribution in [3.05, 3.63) is 66.4 Å². The Kier molecular flexibility index (Phi) is 3.05. The first kappa shape index (κ1) is 12.2. The Hall–Kier alpha value is -2.88. The van der Waals surface area contributed by atoms with Crippen LogP contribution < -0.4 is 5.32 Å². The van der Waals surface area contributed by atoms with Crippen molar-refractivity contribution in [2.75, 3.05) is 5.32 Å². The van der Waals surface area contributed by atoms with E-state index in [0.717, 1.165) is 16.6 Å². The highest BCUT2D eigenvalue weighted by Crippen LogP contribution is 2.26. The van der Waals surface area contributed by atoms with Crippen LogP contribution in [0.1, 0.15) is 10.4 Å². The molecule has 0 atom stereocenters. The summed E-state index contributed by atoms with van der Waals surface area (Å²) in [7, 11) is 0. The molecule has 0 aliphatic carbocycles. The van der Waals surface area contributed by atoms with Crippen LogP contribution in [0.5, 0.6) is 0 Å². The van der Waals surface area contributed by atoms with Crippen LogP contribution in [0.4, 0.5) is 11.4 Å². The van der Waals surface area contributed by atoms with Gasteiger partial charge in [0.05, 0.1) is 16.8 Å². The normalized spacial score (nSPS) is 10.4. The van der Waals surface area contributed by atoms with E-state index < -0.39 is 5.97 Å². The van der Waals surface area contributed by atoms with Crippen LogP contribution in [-0.4, -0.2) is 16.1 Å². The number of rotatable bonds is 3. The van der Waals surface area contributed by atoms with Crippen LogP contribution >= 0.6 is 0 Å². The van der Waals surface area contributed by atoms with Crippen LogP contribution in [0.25, 0.3) is 10.9 Å². The molecule has 0 unspecified atom stereocenters. The summed E-state index contributed by atoms with van der Waals surface area (Å²) < 4.78 is 0. The molecule has 4 heteroatoms. The Labute approximate surface area is 115 Å². The van der Waals surface area contributed by atoms with Gasteiger partial charge in [0.2, 0.25) is 0 Å². The lowest BCUT2D eigenvalue weighted by Gasteiger charge is -2.11. The maximum Gasteiger partial charge on any atom is 0.337 e. The van der Waals surface area contributed by atoms with E-state index in [4.69, 9.17) is 0 Å². The molecule has 0 radical (unpaired) electrons. The van der Waals surface area contributed by atoms with Crippen molar-refractivity contribution in [1.82, 2.24) is 4.98 Å². The lowest BCUT2D eigenvalue weighted by Crippen LogP contribution is -2.02. The molecular formula is C16H12N2O2. The zero-order valence-corrected chi connectivity index (χ0v) is 10.6. The van der Waals surface area contributed by atoms with E-state index in [0.29, 0.717) is 5.69 Å². The average Bonchev–Trinajstić information content (AvgIpc) is 2.48. The molecule has 0 aliphatic rings. The quantitative estimate of drug-likeness (QED) is 0.757. The number of hydrogen-bond donors (Lipinski definition) is 2. The number of para-hydroxylation sites is 2. The van der Waals surface area contributed by atoms with Crippen molar-refractivity contribution in [3.8, 4) is 0 Å². The zero-order chi connectivity index (χ0) is 13.9. The highest BCUT2D eigenvalue weighted by molar-refractivity contribution is 5.98. The molecule has 0 aliphatic heterocycles. The monoisotopic (exact) mass is 264 g/mol. The third-order valence-electron chi connectivity index (χ3n) is 3.08. The van der Waals surface area contributed by atoms with Gasteiger partial charge in [-0.2, -0.15) is 0 Å². The average molecular weight is 264 g/mol. The van der Waals surface area contributed by atoms with E-state index >= 15 is 0 Å². The first-order valence-electron chi connectivity index (χ1n) is 6.19. The number of hydrogen-bond acceptors (Lipinski definition) is 3. The predicted molar refractivity (Wildman–Crippen MR) is 78.4 cm³/mol. The molecule has 98 valence electrons.